The molecule has 1 unspecified atom stereocenters. The van der Waals surface area contributed by atoms with Gasteiger partial charge in [0.05, 0.1) is 7.11 Å². The Labute approximate surface area is 148 Å². The van der Waals surface area contributed by atoms with E-state index in [0.29, 0.717) is 17.7 Å². The van der Waals surface area contributed by atoms with Crippen molar-refractivity contribution in [2.24, 2.45) is 5.10 Å². The number of amides is 1. The second-order valence-electron chi connectivity index (χ2n) is 5.30. The summed E-state index contributed by atoms with van der Waals surface area (Å²) in [5.74, 6) is 0.411. The van der Waals surface area contributed by atoms with Crippen molar-refractivity contribution in [3.05, 3.63) is 23.8 Å². The molecule has 0 saturated carbocycles. The van der Waals surface area contributed by atoms with Gasteiger partial charge in [0.15, 0.2) is 5.75 Å². The fraction of sp³-hybridized carbons (Fsp3) is 0.500. The van der Waals surface area contributed by atoms with Crippen molar-refractivity contribution in [1.29, 1.82) is 0 Å². The van der Waals surface area contributed by atoms with E-state index in [1.807, 2.05) is 0 Å². The van der Waals surface area contributed by atoms with Crippen LogP contribution >= 0.6 is 0 Å². The summed E-state index contributed by atoms with van der Waals surface area (Å²) in [4.78, 5) is 12.7. The van der Waals surface area contributed by atoms with Gasteiger partial charge in [-0.3, -0.25) is 0 Å². The average molecular weight is 448 g/mol. The topological polar surface area (TPSA) is 70.9 Å². The summed E-state index contributed by atoms with van der Waals surface area (Å²) in [5.41, 5.74) is 3.23. The third kappa shape index (κ3) is 6.56. The second-order valence-corrected chi connectivity index (χ2v) is 13.1. The number of methoxy groups -OCH3 is 1. The van der Waals surface area contributed by atoms with Crippen molar-refractivity contribution in [2.45, 2.75) is 42.2 Å². The van der Waals surface area contributed by atoms with E-state index in [2.05, 4.69) is 10.5 Å². The summed E-state index contributed by atoms with van der Waals surface area (Å²) in [5, 5.41) is 15.1. The Morgan fingerprint density at radius 1 is 1.52 bits per heavy atom. The average Bonchev–Trinajstić information content (AvgIpc) is 3.05. The number of carbonyl (C=O) groups excluding carboxylic acids is 1. The van der Waals surface area contributed by atoms with Crippen molar-refractivity contribution in [3.63, 3.8) is 0 Å². The van der Waals surface area contributed by atoms with Gasteiger partial charge in [-0.1, -0.05) is 0 Å². The Morgan fingerprint density at radius 2 is 2.39 bits per heavy atom. The Hall–Kier alpha value is -1.00. The summed E-state index contributed by atoms with van der Waals surface area (Å²) < 4.78 is 4.97. The Balaban J connectivity index is 1.64. The number of nitrogens with zero attached hydrogens (tertiary/aromatic N) is 1. The molecule has 1 aromatic rings. The number of phenols is 1. The van der Waals surface area contributed by atoms with Crippen molar-refractivity contribution < 1.29 is 14.6 Å². The summed E-state index contributed by atoms with van der Waals surface area (Å²) in [6.45, 7) is 0. The Kier molecular flexibility index (Phi) is 7.96. The molecule has 126 valence electrons. The minimum absolute atomic E-state index is 0.0534. The van der Waals surface area contributed by atoms with Crippen LogP contribution in [0.2, 0.25) is 10.1 Å². The number of nitrogens with one attached hydrogen (secondary N) is 1. The van der Waals surface area contributed by atoms with Gasteiger partial charge in [-0.05, 0) is 0 Å². The van der Waals surface area contributed by atoms with Gasteiger partial charge in [0.2, 0.25) is 0 Å². The molecule has 1 aliphatic rings. The quantitative estimate of drug-likeness (QED) is 0.278. The number of hydrogen-bond acceptors (Lipinski definition) is 4. The van der Waals surface area contributed by atoms with E-state index in [1.54, 1.807) is 18.2 Å². The van der Waals surface area contributed by atoms with Gasteiger partial charge >= 0.3 is 125 Å². The molecular weight excluding hydrogens is 426 g/mol. The first kappa shape index (κ1) is 18.3. The smallest absolute Gasteiger partial charge is 0.504 e. The van der Waals surface area contributed by atoms with Gasteiger partial charge in [0.25, 0.3) is 0 Å². The standard InChI is InChI=1S/C16H22N2O3Se2/c1-21-15-7-6-12(10-14(15)19)11-17-18-16(20)5-3-2-4-13-8-9-22-23-13/h6-7,10-11,13,19H,2-5,8-9H2,1H3,(H,18,20)/b17-11+. The van der Waals surface area contributed by atoms with Gasteiger partial charge in [-0.2, -0.15) is 0 Å². The Morgan fingerprint density at radius 3 is 3.09 bits per heavy atom. The van der Waals surface area contributed by atoms with Crippen LogP contribution in [0.4, 0.5) is 0 Å². The normalized spacial score (nSPS) is 17.5. The summed E-state index contributed by atoms with van der Waals surface area (Å²) in [7, 11) is 1.50. The molecule has 2 N–H and O–H groups in total. The summed E-state index contributed by atoms with van der Waals surface area (Å²) in [6.07, 6.45) is 6.83. The zero-order valence-electron chi connectivity index (χ0n) is 13.2. The van der Waals surface area contributed by atoms with Crippen molar-refractivity contribution >= 4 is 38.4 Å². The molecule has 1 atom stereocenters. The number of hydrogen-bond donors (Lipinski definition) is 2. The van der Waals surface area contributed by atoms with Crippen LogP contribution in [0.25, 0.3) is 0 Å². The zero-order chi connectivity index (χ0) is 16.5. The molecule has 1 fully saturated rings. The van der Waals surface area contributed by atoms with Crippen LogP contribution in [0.15, 0.2) is 23.3 Å². The summed E-state index contributed by atoms with van der Waals surface area (Å²) in [6, 6.07) is 4.96. The van der Waals surface area contributed by atoms with Crippen LogP contribution in [0.1, 0.15) is 37.7 Å². The van der Waals surface area contributed by atoms with E-state index in [9.17, 15) is 9.90 Å². The van der Waals surface area contributed by atoms with Crippen LogP contribution < -0.4 is 10.2 Å². The predicted molar refractivity (Wildman–Crippen MR) is 93.5 cm³/mol. The predicted octanol–water partition coefficient (Wildman–Crippen LogP) is 2.35. The van der Waals surface area contributed by atoms with Crippen LogP contribution in [0.3, 0.4) is 0 Å². The molecule has 7 heteroatoms. The van der Waals surface area contributed by atoms with E-state index in [0.717, 1.165) is 43.9 Å². The van der Waals surface area contributed by atoms with Crippen LogP contribution in [-0.4, -0.2) is 50.6 Å². The molecule has 23 heavy (non-hydrogen) atoms. The summed E-state index contributed by atoms with van der Waals surface area (Å²) >= 11 is 1.85. The van der Waals surface area contributed by atoms with Crippen molar-refractivity contribution in [1.82, 2.24) is 5.43 Å². The maximum atomic E-state index is 11.7. The van der Waals surface area contributed by atoms with Crippen molar-refractivity contribution in [3.8, 4) is 11.5 Å². The number of aromatic hydroxyl groups is 1. The van der Waals surface area contributed by atoms with E-state index < -0.39 is 0 Å². The van der Waals surface area contributed by atoms with E-state index in [1.165, 1.54) is 31.5 Å². The number of carbonyl (C=O) groups is 1. The number of ether oxygens (including phenoxy) is 1. The minimum Gasteiger partial charge on any atom is -0.504 e. The third-order valence-electron chi connectivity index (χ3n) is 3.51. The first-order valence-electron chi connectivity index (χ1n) is 7.66. The number of hydrazone groups is 1. The molecule has 1 aromatic carbocycles. The number of benzene rings is 1. The first-order chi connectivity index (χ1) is 11.2. The van der Waals surface area contributed by atoms with Crippen LogP contribution in [0.5, 0.6) is 11.5 Å². The number of unbranched alkanes of at least 4 members (excludes halogenated alkanes) is 1. The van der Waals surface area contributed by atoms with Gasteiger partial charge in [0.1, 0.15) is 0 Å². The van der Waals surface area contributed by atoms with Gasteiger partial charge in [-0.15, -0.1) is 0 Å². The first-order valence-corrected chi connectivity index (χ1v) is 14.2. The minimum atomic E-state index is -0.0554. The fourth-order valence-electron chi connectivity index (χ4n) is 2.24. The molecule has 1 saturated heterocycles. The SMILES string of the molecule is COc1ccc(/C=N/NC(=O)CCCCC2CC[Se][Se]2)cc1O. The molecule has 1 aliphatic heterocycles. The molecule has 5 nitrogen and oxygen atoms in total. The number of rotatable bonds is 8. The Bertz CT molecular complexity index is 546. The molecule has 1 amide bonds. The molecule has 0 radical (unpaired) electrons. The molecule has 2 rings (SSSR count). The van der Waals surface area contributed by atoms with Gasteiger partial charge in [0, 0.05) is 0 Å². The second kappa shape index (κ2) is 9.99. The molecule has 0 aromatic heterocycles. The van der Waals surface area contributed by atoms with E-state index in [4.69, 9.17) is 4.74 Å². The van der Waals surface area contributed by atoms with Crippen molar-refractivity contribution in [2.75, 3.05) is 7.11 Å². The van der Waals surface area contributed by atoms with E-state index in [-0.39, 0.29) is 11.7 Å². The zero-order valence-corrected chi connectivity index (χ0v) is 16.6. The monoisotopic (exact) mass is 450 g/mol. The van der Waals surface area contributed by atoms with Crippen LogP contribution in [0, 0.1) is 0 Å². The molecule has 1 heterocycles. The molecule has 0 bridgehead atoms. The molecule has 0 aliphatic carbocycles. The maximum absolute atomic E-state index is 11.7. The van der Waals surface area contributed by atoms with Crippen LogP contribution in [-0.2, 0) is 4.79 Å². The van der Waals surface area contributed by atoms with Gasteiger partial charge < -0.3 is 9.84 Å². The number of phenolic OH excluding ortho intramolecular Hbond substituents is 1. The third-order valence-corrected chi connectivity index (χ3v) is 12.5. The fourth-order valence-corrected chi connectivity index (χ4v) is 11.7. The molecular formula is C16H22N2O3Se2. The van der Waals surface area contributed by atoms with Gasteiger partial charge in [-0.25, -0.2) is 0 Å². The molecule has 0 spiro atoms. The van der Waals surface area contributed by atoms with E-state index >= 15 is 0 Å².